The zero-order chi connectivity index (χ0) is 19.8. The van der Waals surface area contributed by atoms with Gasteiger partial charge in [0.15, 0.2) is 9.84 Å². The number of aryl methyl sites for hydroxylation is 2. The Labute approximate surface area is 159 Å². The number of ether oxygens (including phenoxy) is 1. The molecule has 2 heterocycles. The van der Waals surface area contributed by atoms with Gasteiger partial charge in [0.25, 0.3) is 5.56 Å². The zero-order valence-electron chi connectivity index (χ0n) is 14.9. The van der Waals surface area contributed by atoms with Crippen LogP contribution in [0.15, 0.2) is 34.0 Å². The van der Waals surface area contributed by atoms with Crippen molar-refractivity contribution in [2.75, 3.05) is 6.26 Å². The fourth-order valence-corrected chi connectivity index (χ4v) is 3.89. The second-order valence-electron chi connectivity index (χ2n) is 5.95. The zero-order valence-corrected chi connectivity index (χ0v) is 16.6. The van der Waals surface area contributed by atoms with Crippen LogP contribution in [-0.4, -0.2) is 35.2 Å². The summed E-state index contributed by atoms with van der Waals surface area (Å²) in [6.07, 6.45) is 1.76. The smallest absolute Gasteiger partial charge is 0.338 e. The van der Waals surface area contributed by atoms with Gasteiger partial charge < -0.3 is 4.74 Å². The lowest BCUT2D eigenvalue weighted by Gasteiger charge is -2.08. The van der Waals surface area contributed by atoms with E-state index in [1.807, 2.05) is 6.92 Å². The van der Waals surface area contributed by atoms with Gasteiger partial charge in [-0.25, -0.2) is 18.2 Å². The summed E-state index contributed by atoms with van der Waals surface area (Å²) in [5.41, 5.74) is 0.696. The minimum atomic E-state index is -3.44. The molecule has 10 heteroatoms. The first-order chi connectivity index (χ1) is 12.7. The van der Waals surface area contributed by atoms with Gasteiger partial charge in [-0.2, -0.15) is 9.61 Å². The largest absolute Gasteiger partial charge is 0.456 e. The molecule has 0 spiro atoms. The molecule has 2 aromatic heterocycles. The first kappa shape index (κ1) is 19.2. The van der Waals surface area contributed by atoms with Gasteiger partial charge in [-0.15, -0.1) is 0 Å². The van der Waals surface area contributed by atoms with Crippen molar-refractivity contribution < 1.29 is 17.9 Å². The highest BCUT2D eigenvalue weighted by Gasteiger charge is 2.16. The van der Waals surface area contributed by atoms with E-state index < -0.39 is 15.8 Å². The molecule has 0 bridgehead atoms. The number of carbonyl (C=O) groups is 1. The monoisotopic (exact) mass is 407 g/mol. The molecule has 27 heavy (non-hydrogen) atoms. The molecule has 0 saturated carbocycles. The van der Waals surface area contributed by atoms with E-state index in [0.717, 1.165) is 11.3 Å². The Bertz CT molecular complexity index is 1190. The summed E-state index contributed by atoms with van der Waals surface area (Å²) in [5.74, 6) is -0.682. The first-order valence-electron chi connectivity index (χ1n) is 8.05. The molecule has 1 aromatic carbocycles. The van der Waals surface area contributed by atoms with Crippen LogP contribution < -0.4 is 5.56 Å². The number of rotatable bonds is 5. The average molecular weight is 407 g/mol. The number of fused-ring (bicyclic) bond motifs is 1. The quantitative estimate of drug-likeness (QED) is 0.593. The van der Waals surface area contributed by atoms with Crippen molar-refractivity contribution in [1.29, 1.82) is 0 Å². The van der Waals surface area contributed by atoms with E-state index in [1.165, 1.54) is 34.1 Å². The highest BCUT2D eigenvalue weighted by molar-refractivity contribution is 7.90. The normalized spacial score (nSPS) is 11.7. The Kier molecular flexibility index (Phi) is 5.11. The molecule has 0 radical (unpaired) electrons. The number of hydrogen-bond donors (Lipinski definition) is 0. The Balaban J connectivity index is 1.84. The molecular formula is C17H17N3O5S2. The molecule has 0 saturated heterocycles. The molecule has 3 rings (SSSR count). The van der Waals surface area contributed by atoms with Gasteiger partial charge >= 0.3 is 5.97 Å². The maximum Gasteiger partial charge on any atom is 0.338 e. The van der Waals surface area contributed by atoms with E-state index in [1.54, 1.807) is 13.0 Å². The molecule has 8 nitrogen and oxygen atoms in total. The summed E-state index contributed by atoms with van der Waals surface area (Å²) in [6, 6.07) is 5.54. The van der Waals surface area contributed by atoms with Crippen molar-refractivity contribution >= 4 is 32.1 Å². The lowest BCUT2D eigenvalue weighted by Crippen LogP contribution is -2.17. The first-order valence-corrected chi connectivity index (χ1v) is 10.8. The second kappa shape index (κ2) is 7.20. The van der Waals surface area contributed by atoms with Gasteiger partial charge in [-0.3, -0.25) is 4.79 Å². The Morgan fingerprint density at radius 1 is 1.30 bits per heavy atom. The molecule has 0 amide bonds. The Morgan fingerprint density at radius 3 is 2.70 bits per heavy atom. The van der Waals surface area contributed by atoms with Crippen LogP contribution in [0.4, 0.5) is 0 Å². The minimum absolute atomic E-state index is 0.0367. The van der Waals surface area contributed by atoms with Crippen LogP contribution in [0.1, 0.15) is 33.5 Å². The van der Waals surface area contributed by atoms with Crippen LogP contribution in [0.2, 0.25) is 0 Å². The maximum atomic E-state index is 12.4. The van der Waals surface area contributed by atoms with Crippen molar-refractivity contribution in [3.8, 4) is 0 Å². The van der Waals surface area contributed by atoms with E-state index >= 15 is 0 Å². The summed E-state index contributed by atoms with van der Waals surface area (Å²) in [4.78, 5) is 29.3. The Morgan fingerprint density at radius 2 is 2.04 bits per heavy atom. The second-order valence-corrected chi connectivity index (χ2v) is 9.01. The van der Waals surface area contributed by atoms with Crippen LogP contribution in [0, 0.1) is 6.92 Å². The highest BCUT2D eigenvalue weighted by Crippen LogP contribution is 2.17. The predicted molar refractivity (Wildman–Crippen MR) is 99.9 cm³/mol. The molecule has 142 valence electrons. The van der Waals surface area contributed by atoms with E-state index in [-0.39, 0.29) is 22.6 Å². The molecule has 0 fully saturated rings. The van der Waals surface area contributed by atoms with Gasteiger partial charge in [-0.05, 0) is 31.0 Å². The summed E-state index contributed by atoms with van der Waals surface area (Å²) >= 11 is 1.30. The van der Waals surface area contributed by atoms with Gasteiger partial charge in [0.1, 0.15) is 11.6 Å². The summed E-state index contributed by atoms with van der Waals surface area (Å²) in [7, 11) is -3.44. The maximum absolute atomic E-state index is 12.4. The number of benzene rings is 1. The third kappa shape index (κ3) is 4.06. The molecule has 0 aliphatic rings. The molecule has 0 unspecified atom stereocenters. The SMILES string of the molecule is CCc1nn2c(=O)cc(COC(=O)c3cc(S(C)(=O)=O)ccc3C)nc2s1. The molecule has 0 aliphatic heterocycles. The van der Waals surface area contributed by atoms with Crippen LogP contribution in [0.3, 0.4) is 0 Å². The topological polar surface area (TPSA) is 108 Å². The standard InChI is InChI=1S/C17H17N3O5S2/c1-4-14-19-20-15(21)7-11(18-17(20)26-14)9-25-16(22)13-8-12(27(3,23)24)6-5-10(13)2/h5-8H,4,9H2,1-3H3. The van der Waals surface area contributed by atoms with E-state index in [2.05, 4.69) is 10.1 Å². The lowest BCUT2D eigenvalue weighted by molar-refractivity contribution is 0.0466. The van der Waals surface area contributed by atoms with Crippen LogP contribution in [0.25, 0.3) is 4.96 Å². The minimum Gasteiger partial charge on any atom is -0.456 e. The molecule has 0 aliphatic carbocycles. The third-order valence-electron chi connectivity index (χ3n) is 3.85. The lowest BCUT2D eigenvalue weighted by atomic mass is 10.1. The van der Waals surface area contributed by atoms with Crippen molar-refractivity contribution in [2.45, 2.75) is 31.8 Å². The fourth-order valence-electron chi connectivity index (χ4n) is 2.38. The molecule has 0 atom stereocenters. The van der Waals surface area contributed by atoms with E-state index in [4.69, 9.17) is 4.74 Å². The molecular weight excluding hydrogens is 390 g/mol. The number of esters is 1. The van der Waals surface area contributed by atoms with E-state index in [0.29, 0.717) is 22.6 Å². The van der Waals surface area contributed by atoms with Crippen LogP contribution >= 0.6 is 11.3 Å². The molecule has 0 N–H and O–H groups in total. The van der Waals surface area contributed by atoms with Crippen LogP contribution in [-0.2, 0) is 27.6 Å². The van der Waals surface area contributed by atoms with Gasteiger partial charge in [0, 0.05) is 12.3 Å². The highest BCUT2D eigenvalue weighted by atomic mass is 32.2. The average Bonchev–Trinajstić information content (AvgIpc) is 3.03. The van der Waals surface area contributed by atoms with Gasteiger partial charge in [-0.1, -0.05) is 24.3 Å². The number of hydrogen-bond acceptors (Lipinski definition) is 8. The van der Waals surface area contributed by atoms with Crippen molar-refractivity contribution in [1.82, 2.24) is 14.6 Å². The fraction of sp³-hybridized carbons (Fsp3) is 0.294. The third-order valence-corrected chi connectivity index (χ3v) is 6.01. The number of nitrogens with zero attached hydrogens (tertiary/aromatic N) is 3. The number of aromatic nitrogens is 3. The van der Waals surface area contributed by atoms with E-state index in [9.17, 15) is 18.0 Å². The Hall–Kier alpha value is -2.59. The number of sulfone groups is 1. The van der Waals surface area contributed by atoms with Crippen molar-refractivity contribution in [2.24, 2.45) is 0 Å². The predicted octanol–water partition coefficient (Wildman–Crippen LogP) is 1.78. The van der Waals surface area contributed by atoms with Crippen LogP contribution in [0.5, 0.6) is 0 Å². The number of carbonyl (C=O) groups excluding carboxylic acids is 1. The van der Waals surface area contributed by atoms with Crippen molar-refractivity contribution in [3.63, 3.8) is 0 Å². The van der Waals surface area contributed by atoms with Crippen molar-refractivity contribution in [3.05, 3.63) is 56.4 Å². The summed E-state index contributed by atoms with van der Waals surface area (Å²) in [5, 5.41) is 4.93. The van der Waals surface area contributed by atoms with Gasteiger partial charge in [0.2, 0.25) is 4.96 Å². The molecule has 3 aromatic rings. The summed E-state index contributed by atoms with van der Waals surface area (Å²) < 4.78 is 29.8. The van der Waals surface area contributed by atoms with Gasteiger partial charge in [0.05, 0.1) is 16.2 Å². The summed E-state index contributed by atoms with van der Waals surface area (Å²) in [6.45, 7) is 3.41.